The molecule has 2 atom stereocenters. The molecule has 0 aliphatic heterocycles. The Kier molecular flexibility index (Phi) is 1.95. The Labute approximate surface area is 78.8 Å². The van der Waals surface area contributed by atoms with Crippen LogP contribution in [0.2, 0.25) is 0 Å². The molecule has 1 aliphatic rings. The lowest BCUT2D eigenvalue weighted by Crippen LogP contribution is -1.94. The van der Waals surface area contributed by atoms with Crippen LogP contribution in [0.15, 0.2) is 24.3 Å². The van der Waals surface area contributed by atoms with Gasteiger partial charge in [-0.25, -0.2) is 0 Å². The topological polar surface area (TPSA) is 17.1 Å². The van der Waals surface area contributed by atoms with Gasteiger partial charge in [0.1, 0.15) is 5.78 Å². The van der Waals surface area contributed by atoms with Crippen LogP contribution in [0.4, 0.5) is 0 Å². The van der Waals surface area contributed by atoms with Crippen molar-refractivity contribution in [2.45, 2.75) is 26.2 Å². The number of rotatable bonds is 2. The zero-order chi connectivity index (χ0) is 9.42. The molecule has 0 heterocycles. The van der Waals surface area contributed by atoms with Crippen molar-refractivity contribution in [3.8, 4) is 0 Å². The van der Waals surface area contributed by atoms with Crippen LogP contribution >= 0.6 is 0 Å². The lowest BCUT2D eigenvalue weighted by molar-refractivity contribution is -0.118. The summed E-state index contributed by atoms with van der Waals surface area (Å²) in [4.78, 5) is 11.1. The van der Waals surface area contributed by atoms with Gasteiger partial charge < -0.3 is 0 Å². The standard InChI is InChI=1S/C12H14O/c1-8-4-3-5-10(6-8)12-7-11(12)9(2)13/h3-6,11-12H,7H2,1-2H3/t11-,12?/m1/s1. The summed E-state index contributed by atoms with van der Waals surface area (Å²) >= 11 is 0. The van der Waals surface area contributed by atoms with Crippen LogP contribution in [0.5, 0.6) is 0 Å². The predicted molar refractivity (Wildman–Crippen MR) is 52.7 cm³/mol. The van der Waals surface area contributed by atoms with Gasteiger partial charge in [0.2, 0.25) is 0 Å². The van der Waals surface area contributed by atoms with Crippen LogP contribution in [0.3, 0.4) is 0 Å². The number of aryl methyl sites for hydroxylation is 1. The van der Waals surface area contributed by atoms with Gasteiger partial charge in [-0.05, 0) is 31.7 Å². The first-order chi connectivity index (χ1) is 6.18. The number of carbonyl (C=O) groups is 1. The fourth-order valence-corrected chi connectivity index (χ4v) is 1.91. The Bertz CT molecular complexity index is 341. The van der Waals surface area contributed by atoms with E-state index in [0.29, 0.717) is 17.6 Å². The first kappa shape index (κ1) is 8.49. The number of Topliss-reactive ketones (excluding diaryl/α,β-unsaturated/α-hetero) is 1. The number of carbonyl (C=O) groups excluding carboxylic acids is 1. The van der Waals surface area contributed by atoms with Crippen LogP contribution < -0.4 is 0 Å². The van der Waals surface area contributed by atoms with E-state index >= 15 is 0 Å². The van der Waals surface area contributed by atoms with E-state index in [1.807, 2.05) is 0 Å². The molecule has 1 aromatic carbocycles. The molecule has 1 nitrogen and oxygen atoms in total. The van der Waals surface area contributed by atoms with Crippen LogP contribution in [0.25, 0.3) is 0 Å². The van der Waals surface area contributed by atoms with Crippen LogP contribution in [-0.2, 0) is 4.79 Å². The summed E-state index contributed by atoms with van der Waals surface area (Å²) in [5.41, 5.74) is 2.62. The number of hydrogen-bond donors (Lipinski definition) is 0. The van der Waals surface area contributed by atoms with Crippen molar-refractivity contribution in [2.24, 2.45) is 5.92 Å². The van der Waals surface area contributed by atoms with E-state index in [2.05, 4.69) is 31.2 Å². The van der Waals surface area contributed by atoms with E-state index in [0.717, 1.165) is 6.42 Å². The molecule has 0 saturated heterocycles. The summed E-state index contributed by atoms with van der Waals surface area (Å²) in [7, 11) is 0. The van der Waals surface area contributed by atoms with Crippen LogP contribution in [0.1, 0.15) is 30.4 Å². The second kappa shape index (κ2) is 2.99. The van der Waals surface area contributed by atoms with Crippen LogP contribution in [0, 0.1) is 12.8 Å². The fraction of sp³-hybridized carbons (Fsp3) is 0.417. The van der Waals surface area contributed by atoms with Gasteiger partial charge in [0.05, 0.1) is 0 Å². The largest absolute Gasteiger partial charge is 0.300 e. The van der Waals surface area contributed by atoms with Gasteiger partial charge in [0.15, 0.2) is 0 Å². The Hall–Kier alpha value is -1.11. The summed E-state index contributed by atoms with van der Waals surface area (Å²) in [6.07, 6.45) is 1.05. The van der Waals surface area contributed by atoms with Crippen LogP contribution in [-0.4, -0.2) is 5.78 Å². The van der Waals surface area contributed by atoms with Gasteiger partial charge in [-0.1, -0.05) is 29.8 Å². The monoisotopic (exact) mass is 174 g/mol. The molecule has 1 heteroatoms. The van der Waals surface area contributed by atoms with E-state index in [1.54, 1.807) is 6.92 Å². The minimum Gasteiger partial charge on any atom is -0.300 e. The molecule has 0 N–H and O–H groups in total. The molecular formula is C12H14O. The lowest BCUT2D eigenvalue weighted by Gasteiger charge is -1.99. The average molecular weight is 174 g/mol. The molecule has 1 aromatic rings. The summed E-state index contributed by atoms with van der Waals surface area (Å²) in [5.74, 6) is 1.16. The third kappa shape index (κ3) is 1.64. The highest BCUT2D eigenvalue weighted by molar-refractivity contribution is 5.82. The van der Waals surface area contributed by atoms with Gasteiger partial charge in [-0.15, -0.1) is 0 Å². The second-order valence-electron chi connectivity index (χ2n) is 3.97. The number of ketones is 1. The third-order valence-corrected chi connectivity index (χ3v) is 2.78. The van der Waals surface area contributed by atoms with Gasteiger partial charge in [-0.2, -0.15) is 0 Å². The van der Waals surface area contributed by atoms with Crippen molar-refractivity contribution in [2.75, 3.05) is 0 Å². The second-order valence-corrected chi connectivity index (χ2v) is 3.97. The molecule has 0 aromatic heterocycles. The van der Waals surface area contributed by atoms with Gasteiger partial charge >= 0.3 is 0 Å². The van der Waals surface area contributed by atoms with Crippen molar-refractivity contribution in [1.82, 2.24) is 0 Å². The smallest absolute Gasteiger partial charge is 0.133 e. The van der Waals surface area contributed by atoms with Crippen molar-refractivity contribution in [1.29, 1.82) is 0 Å². The summed E-state index contributed by atoms with van der Waals surface area (Å²) in [6, 6.07) is 8.48. The molecular weight excluding hydrogens is 160 g/mol. The fourth-order valence-electron chi connectivity index (χ4n) is 1.91. The highest BCUT2D eigenvalue weighted by atomic mass is 16.1. The molecule has 0 bridgehead atoms. The highest BCUT2D eigenvalue weighted by Crippen LogP contribution is 2.47. The Morgan fingerprint density at radius 2 is 2.23 bits per heavy atom. The first-order valence-electron chi connectivity index (χ1n) is 4.75. The van der Waals surface area contributed by atoms with Gasteiger partial charge in [0, 0.05) is 5.92 Å². The Morgan fingerprint density at radius 3 is 2.77 bits per heavy atom. The molecule has 0 spiro atoms. The molecule has 1 saturated carbocycles. The van der Waals surface area contributed by atoms with Gasteiger partial charge in [-0.3, -0.25) is 4.79 Å². The molecule has 2 rings (SSSR count). The molecule has 0 amide bonds. The molecule has 1 unspecified atom stereocenters. The lowest BCUT2D eigenvalue weighted by atomic mass is 10.1. The van der Waals surface area contributed by atoms with Crippen molar-refractivity contribution in [3.05, 3.63) is 35.4 Å². The maximum Gasteiger partial charge on any atom is 0.133 e. The Morgan fingerprint density at radius 1 is 1.46 bits per heavy atom. The van der Waals surface area contributed by atoms with E-state index in [9.17, 15) is 4.79 Å². The zero-order valence-corrected chi connectivity index (χ0v) is 8.08. The molecule has 1 aliphatic carbocycles. The maximum absolute atomic E-state index is 11.1. The average Bonchev–Trinajstić information content (AvgIpc) is 2.82. The highest BCUT2D eigenvalue weighted by Gasteiger charge is 2.41. The Balaban J connectivity index is 2.16. The van der Waals surface area contributed by atoms with E-state index in [4.69, 9.17) is 0 Å². The summed E-state index contributed by atoms with van der Waals surface area (Å²) in [5, 5.41) is 0. The number of benzene rings is 1. The minimum atomic E-state index is 0.307. The normalized spacial score (nSPS) is 25.7. The van der Waals surface area contributed by atoms with Crippen molar-refractivity contribution < 1.29 is 4.79 Å². The summed E-state index contributed by atoms with van der Waals surface area (Å²) in [6.45, 7) is 3.79. The molecule has 0 radical (unpaired) electrons. The quantitative estimate of drug-likeness (QED) is 0.673. The van der Waals surface area contributed by atoms with E-state index in [1.165, 1.54) is 11.1 Å². The third-order valence-electron chi connectivity index (χ3n) is 2.78. The minimum absolute atomic E-state index is 0.307. The first-order valence-corrected chi connectivity index (χ1v) is 4.75. The van der Waals surface area contributed by atoms with Crippen molar-refractivity contribution >= 4 is 5.78 Å². The predicted octanol–water partition coefficient (Wildman–Crippen LogP) is 2.69. The van der Waals surface area contributed by atoms with E-state index in [-0.39, 0.29) is 0 Å². The van der Waals surface area contributed by atoms with Crippen molar-refractivity contribution in [3.63, 3.8) is 0 Å². The number of hydrogen-bond acceptors (Lipinski definition) is 1. The molecule has 13 heavy (non-hydrogen) atoms. The molecule has 1 fully saturated rings. The zero-order valence-electron chi connectivity index (χ0n) is 8.08. The molecule has 68 valence electrons. The summed E-state index contributed by atoms with van der Waals surface area (Å²) < 4.78 is 0. The van der Waals surface area contributed by atoms with E-state index < -0.39 is 0 Å². The SMILES string of the molecule is CC(=O)[C@H]1CC1c1cccc(C)c1. The maximum atomic E-state index is 11.1. The van der Waals surface area contributed by atoms with Gasteiger partial charge in [0.25, 0.3) is 0 Å².